The fraction of sp³-hybridized carbons (Fsp3) is 0.944. The SMILES string of the molecule is CCCCCCCCCC(=O)NCCC[N+](C)(C)CC(O)COP(=O)(OCC(O)C[N+](C)(C)CCCNC(=O)CCCCCCCCC)OCC(O)C[N+](C)(C)CCCNC(=O)CCCCCCCCC.[Cl-].[Cl-].[Cl-]. The van der Waals surface area contributed by atoms with Gasteiger partial charge in [0.1, 0.15) is 37.9 Å². The normalized spacial score (nSPS) is 13.9. The number of nitrogens with zero attached hydrogens (tertiary/aromatic N) is 3. The van der Waals surface area contributed by atoms with Crippen LogP contribution in [0.2, 0.25) is 0 Å². The van der Waals surface area contributed by atoms with Gasteiger partial charge in [-0.1, -0.05) is 136 Å². The van der Waals surface area contributed by atoms with Crippen LogP contribution in [0, 0.1) is 0 Å². The molecule has 0 aliphatic carbocycles. The standard InChI is InChI=1S/C54H111N6O10P.3ClH/c1-10-13-16-19-22-25-28-34-52(64)55-37-31-40-58(4,5)43-49(61)46-68-71(67,69-47-50(62)44-59(6,7)41-32-38-56-53(65)35-29-26-23-20-17-14-11-2)70-48-51(63)45-60(8,9)42-33-39-57-54(66)36-30-27-24-21-18-15-12-3;;;/h49-51,61-63H,10-48H2,1-9H3;3*1H. The number of hydrogen-bond acceptors (Lipinski definition) is 10. The zero-order valence-electron chi connectivity index (χ0n) is 48.4. The predicted molar refractivity (Wildman–Crippen MR) is 290 cm³/mol. The van der Waals surface area contributed by atoms with E-state index in [0.717, 1.165) is 57.8 Å². The molecule has 0 aromatic rings. The summed E-state index contributed by atoms with van der Waals surface area (Å²) < 4.78 is 32.6. The fourth-order valence-corrected chi connectivity index (χ4v) is 10.3. The first-order valence-corrected chi connectivity index (χ1v) is 30.0. The van der Waals surface area contributed by atoms with E-state index < -0.39 is 26.1 Å². The summed E-state index contributed by atoms with van der Waals surface area (Å²) in [6, 6.07) is 0. The van der Waals surface area contributed by atoms with Crippen molar-refractivity contribution in [2.75, 3.05) is 121 Å². The summed E-state index contributed by atoms with van der Waals surface area (Å²) in [5, 5.41) is 42.3. The van der Waals surface area contributed by atoms with Gasteiger partial charge in [-0.3, -0.25) is 28.0 Å². The van der Waals surface area contributed by atoms with E-state index in [4.69, 9.17) is 13.6 Å². The van der Waals surface area contributed by atoms with Crippen molar-refractivity contribution >= 4 is 25.5 Å². The molecule has 0 aromatic heterocycles. The second-order valence-electron chi connectivity index (χ2n) is 22.5. The summed E-state index contributed by atoms with van der Waals surface area (Å²) >= 11 is 0. The molecule has 16 nitrogen and oxygen atoms in total. The highest BCUT2D eigenvalue weighted by molar-refractivity contribution is 7.48. The van der Waals surface area contributed by atoms with Crippen molar-refractivity contribution in [3.05, 3.63) is 0 Å². The van der Waals surface area contributed by atoms with E-state index in [1.165, 1.54) is 96.3 Å². The number of phosphoric ester groups is 1. The molecule has 0 saturated heterocycles. The number of quaternary nitrogens is 3. The molecule has 0 radical (unpaired) electrons. The lowest BCUT2D eigenvalue weighted by Gasteiger charge is -2.33. The van der Waals surface area contributed by atoms with Crippen LogP contribution in [0.1, 0.15) is 194 Å². The molecule has 0 bridgehead atoms. The molecule has 3 amide bonds. The molecular weight excluding hydrogens is 1030 g/mol. The molecule has 0 aliphatic heterocycles. The highest BCUT2D eigenvalue weighted by Crippen LogP contribution is 2.50. The van der Waals surface area contributed by atoms with Crippen LogP contribution in [0.4, 0.5) is 0 Å². The van der Waals surface area contributed by atoms with Crippen LogP contribution < -0.4 is 53.2 Å². The van der Waals surface area contributed by atoms with Gasteiger partial charge in [-0.15, -0.1) is 0 Å². The number of amides is 3. The minimum Gasteiger partial charge on any atom is -1.00 e. The number of nitrogens with one attached hydrogen (secondary N) is 3. The molecule has 0 aliphatic rings. The number of unbranched alkanes of at least 4 members (excludes halogenated alkanes) is 18. The van der Waals surface area contributed by atoms with Crippen molar-refractivity contribution in [3.63, 3.8) is 0 Å². The molecule has 0 spiro atoms. The summed E-state index contributed by atoms with van der Waals surface area (Å²) in [6.45, 7) is 10.0. The highest BCUT2D eigenvalue weighted by Gasteiger charge is 2.34. The lowest BCUT2D eigenvalue weighted by Crippen LogP contribution is -3.00. The zero-order valence-corrected chi connectivity index (χ0v) is 51.6. The fourth-order valence-electron chi connectivity index (χ4n) is 8.99. The van der Waals surface area contributed by atoms with Crippen LogP contribution in [-0.4, -0.2) is 186 Å². The summed E-state index contributed by atoms with van der Waals surface area (Å²) in [5.74, 6) is 0.201. The Kier molecular flexibility index (Phi) is 53.0. The highest BCUT2D eigenvalue weighted by atomic mass is 35.5. The molecule has 0 heterocycles. The van der Waals surface area contributed by atoms with E-state index >= 15 is 0 Å². The van der Waals surface area contributed by atoms with E-state index in [2.05, 4.69) is 36.7 Å². The van der Waals surface area contributed by atoms with Gasteiger partial charge in [-0.25, -0.2) is 4.57 Å². The largest absolute Gasteiger partial charge is 1.00 e. The maximum absolute atomic E-state index is 14.2. The maximum Gasteiger partial charge on any atom is 0.475 e. The Labute approximate surface area is 471 Å². The predicted octanol–water partition coefficient (Wildman–Crippen LogP) is -0.591. The van der Waals surface area contributed by atoms with Gasteiger partial charge >= 0.3 is 7.82 Å². The Morgan fingerprint density at radius 2 is 0.608 bits per heavy atom. The lowest BCUT2D eigenvalue weighted by molar-refractivity contribution is -0.893. The monoisotopic (exact) mass is 1140 g/mol. The quantitative estimate of drug-likeness (QED) is 0.0261. The van der Waals surface area contributed by atoms with E-state index in [1.54, 1.807) is 0 Å². The molecule has 3 atom stereocenters. The molecule has 446 valence electrons. The molecule has 20 heteroatoms. The first kappa shape index (κ1) is 79.6. The number of rotatable bonds is 51. The summed E-state index contributed by atoms with van der Waals surface area (Å²) in [5.41, 5.74) is 0. The van der Waals surface area contributed by atoms with Gasteiger partial charge in [0.25, 0.3) is 0 Å². The molecule has 6 N–H and O–H groups in total. The molecule has 74 heavy (non-hydrogen) atoms. The van der Waals surface area contributed by atoms with E-state index in [-0.39, 0.29) is 94.4 Å². The number of carbonyl (C=O) groups is 3. The Morgan fingerprint density at radius 3 is 0.838 bits per heavy atom. The lowest BCUT2D eigenvalue weighted by atomic mass is 10.1. The summed E-state index contributed by atoms with van der Waals surface area (Å²) in [6.07, 6.45) is 25.1. The third-order valence-corrected chi connectivity index (χ3v) is 14.6. The summed E-state index contributed by atoms with van der Waals surface area (Å²) in [4.78, 5) is 37.1. The molecular formula is C54H114Cl3N6O10P. The van der Waals surface area contributed by atoms with E-state index in [9.17, 15) is 34.3 Å². The van der Waals surface area contributed by atoms with Gasteiger partial charge in [-0.05, 0) is 19.3 Å². The maximum atomic E-state index is 14.2. The van der Waals surface area contributed by atoms with Crippen molar-refractivity contribution in [2.24, 2.45) is 0 Å². The Bertz CT molecular complexity index is 1240. The first-order valence-electron chi connectivity index (χ1n) is 28.5. The third kappa shape index (κ3) is 50.6. The second-order valence-corrected chi connectivity index (χ2v) is 24.2. The van der Waals surface area contributed by atoms with Gasteiger partial charge in [-0.2, -0.15) is 0 Å². The number of likely N-dealkylation sites (N-methyl/N-ethyl adjacent to an activating group) is 3. The van der Waals surface area contributed by atoms with Crippen molar-refractivity contribution in [1.82, 2.24) is 16.0 Å². The van der Waals surface area contributed by atoms with E-state index in [1.807, 2.05) is 42.3 Å². The third-order valence-electron chi connectivity index (χ3n) is 13.2. The van der Waals surface area contributed by atoms with Crippen LogP contribution in [0.15, 0.2) is 0 Å². The van der Waals surface area contributed by atoms with Crippen molar-refractivity contribution in [3.8, 4) is 0 Å². The number of carbonyl (C=O) groups excluding carboxylic acids is 3. The minimum absolute atomic E-state index is 0. The molecule has 3 unspecified atom stereocenters. The van der Waals surface area contributed by atoms with Crippen LogP contribution in [0.5, 0.6) is 0 Å². The van der Waals surface area contributed by atoms with Crippen LogP contribution >= 0.6 is 7.82 Å². The average molecular weight is 1140 g/mol. The molecule has 0 fully saturated rings. The van der Waals surface area contributed by atoms with Gasteiger partial charge in [0.05, 0.1) is 81.7 Å². The zero-order chi connectivity index (χ0) is 53.3. The topological polar surface area (TPSA) is 193 Å². The number of aliphatic hydroxyl groups excluding tert-OH is 3. The van der Waals surface area contributed by atoms with Gasteiger partial charge < -0.3 is 81.9 Å². The van der Waals surface area contributed by atoms with Crippen molar-refractivity contribution in [2.45, 2.75) is 212 Å². The van der Waals surface area contributed by atoms with E-state index in [0.29, 0.717) is 72.0 Å². The first-order chi connectivity index (χ1) is 33.7. The van der Waals surface area contributed by atoms with Crippen LogP contribution in [-0.2, 0) is 32.5 Å². The number of halogens is 3. The number of hydrogen-bond donors (Lipinski definition) is 6. The minimum atomic E-state index is -4.39. The van der Waals surface area contributed by atoms with Crippen molar-refractivity contribution in [1.29, 1.82) is 0 Å². The smallest absolute Gasteiger partial charge is 0.475 e. The Hall–Kier alpha value is -0.850. The average Bonchev–Trinajstić information content (AvgIpc) is 3.30. The Morgan fingerprint density at radius 1 is 0.392 bits per heavy atom. The molecule has 0 aromatic carbocycles. The van der Waals surface area contributed by atoms with Crippen molar-refractivity contribution < 1.29 is 98.5 Å². The Balaban J connectivity index is -0.00000817. The van der Waals surface area contributed by atoms with Gasteiger partial charge in [0.2, 0.25) is 17.7 Å². The van der Waals surface area contributed by atoms with Gasteiger partial charge in [0, 0.05) is 58.2 Å². The van der Waals surface area contributed by atoms with Crippen LogP contribution in [0.3, 0.4) is 0 Å². The van der Waals surface area contributed by atoms with Crippen LogP contribution in [0.25, 0.3) is 0 Å². The second kappa shape index (κ2) is 49.2. The summed E-state index contributed by atoms with van der Waals surface area (Å²) in [7, 11) is 7.44. The van der Waals surface area contributed by atoms with Gasteiger partial charge in [0.15, 0.2) is 0 Å². The molecule has 0 saturated carbocycles. The number of aliphatic hydroxyl groups is 3. The number of phosphoric acid groups is 1. The molecule has 0 rings (SSSR count).